The van der Waals surface area contributed by atoms with Gasteiger partial charge >= 0.3 is 0 Å². The standard InChI is InChI=1S/C13H17N3O2S/c17-12(9-5-6-14-9)15-11-4-3-10(19-11)13(18)16-7-1-2-8-16/h3-4,9,14H,1-2,5-8H2,(H,15,17). The molecule has 1 aromatic heterocycles. The Balaban J connectivity index is 1.62. The number of hydrogen-bond donors (Lipinski definition) is 2. The lowest BCUT2D eigenvalue weighted by Crippen LogP contribution is -2.50. The van der Waals surface area contributed by atoms with Gasteiger partial charge in [0, 0.05) is 13.1 Å². The van der Waals surface area contributed by atoms with E-state index in [1.165, 1.54) is 11.3 Å². The van der Waals surface area contributed by atoms with Crippen molar-refractivity contribution >= 4 is 28.2 Å². The number of amides is 2. The molecule has 3 heterocycles. The fraction of sp³-hybridized carbons (Fsp3) is 0.538. The van der Waals surface area contributed by atoms with Crippen molar-refractivity contribution in [3.63, 3.8) is 0 Å². The van der Waals surface area contributed by atoms with Crippen LogP contribution < -0.4 is 10.6 Å². The van der Waals surface area contributed by atoms with Gasteiger partial charge < -0.3 is 15.5 Å². The average Bonchev–Trinajstić information content (AvgIpc) is 2.95. The van der Waals surface area contributed by atoms with Gasteiger partial charge in [-0.15, -0.1) is 11.3 Å². The lowest BCUT2D eigenvalue weighted by atomic mass is 10.1. The number of hydrogen-bond acceptors (Lipinski definition) is 4. The molecular formula is C13H17N3O2S. The first-order valence-corrected chi connectivity index (χ1v) is 7.49. The van der Waals surface area contributed by atoms with Crippen molar-refractivity contribution in [3.05, 3.63) is 17.0 Å². The summed E-state index contributed by atoms with van der Waals surface area (Å²) in [5.41, 5.74) is 0. The van der Waals surface area contributed by atoms with Gasteiger partial charge in [0.15, 0.2) is 0 Å². The molecule has 0 aromatic carbocycles. The van der Waals surface area contributed by atoms with Gasteiger partial charge in [-0.25, -0.2) is 0 Å². The van der Waals surface area contributed by atoms with Gasteiger partial charge in [-0.3, -0.25) is 9.59 Å². The number of likely N-dealkylation sites (tertiary alicyclic amines) is 1. The van der Waals surface area contributed by atoms with E-state index >= 15 is 0 Å². The highest BCUT2D eigenvalue weighted by molar-refractivity contribution is 7.18. The number of nitrogens with zero attached hydrogens (tertiary/aromatic N) is 1. The molecule has 0 spiro atoms. The van der Waals surface area contributed by atoms with Gasteiger partial charge in [-0.05, 0) is 37.9 Å². The van der Waals surface area contributed by atoms with E-state index in [0.717, 1.165) is 43.9 Å². The van der Waals surface area contributed by atoms with Crippen LogP contribution in [-0.2, 0) is 4.79 Å². The first-order chi connectivity index (χ1) is 9.24. The quantitative estimate of drug-likeness (QED) is 0.876. The SMILES string of the molecule is O=C(Nc1ccc(C(=O)N2CCCC2)s1)C1CCN1. The lowest BCUT2D eigenvalue weighted by Gasteiger charge is -2.25. The molecule has 2 amide bonds. The molecule has 0 aliphatic carbocycles. The first-order valence-electron chi connectivity index (χ1n) is 6.67. The third kappa shape index (κ3) is 2.64. The smallest absolute Gasteiger partial charge is 0.263 e. The summed E-state index contributed by atoms with van der Waals surface area (Å²) in [6.45, 7) is 2.61. The Morgan fingerprint density at radius 1 is 1.32 bits per heavy atom. The molecule has 0 bridgehead atoms. The zero-order valence-corrected chi connectivity index (χ0v) is 11.5. The number of rotatable bonds is 3. The summed E-state index contributed by atoms with van der Waals surface area (Å²) in [5, 5.41) is 6.66. The van der Waals surface area contributed by atoms with E-state index in [1.54, 1.807) is 6.07 Å². The molecule has 102 valence electrons. The number of carbonyl (C=O) groups is 2. The molecule has 3 rings (SSSR count). The summed E-state index contributed by atoms with van der Waals surface area (Å²) in [6, 6.07) is 3.54. The second-order valence-electron chi connectivity index (χ2n) is 4.95. The van der Waals surface area contributed by atoms with E-state index in [-0.39, 0.29) is 17.9 Å². The van der Waals surface area contributed by atoms with Crippen LogP contribution in [0, 0.1) is 0 Å². The molecule has 2 saturated heterocycles. The summed E-state index contributed by atoms with van der Waals surface area (Å²) in [7, 11) is 0. The maximum Gasteiger partial charge on any atom is 0.263 e. The normalized spacial score (nSPS) is 22.1. The van der Waals surface area contributed by atoms with E-state index in [1.807, 2.05) is 11.0 Å². The van der Waals surface area contributed by atoms with Crippen LogP contribution in [0.25, 0.3) is 0 Å². The topological polar surface area (TPSA) is 61.4 Å². The highest BCUT2D eigenvalue weighted by Gasteiger charge is 2.25. The Bertz CT molecular complexity index is 490. The number of nitrogens with one attached hydrogen (secondary N) is 2. The molecular weight excluding hydrogens is 262 g/mol. The van der Waals surface area contributed by atoms with Crippen molar-refractivity contribution in [2.75, 3.05) is 25.0 Å². The van der Waals surface area contributed by atoms with Crippen LogP contribution in [0.1, 0.15) is 28.9 Å². The van der Waals surface area contributed by atoms with E-state index < -0.39 is 0 Å². The molecule has 0 saturated carbocycles. The molecule has 1 aromatic rings. The van der Waals surface area contributed by atoms with Gasteiger partial charge in [0.25, 0.3) is 5.91 Å². The molecule has 1 atom stereocenters. The summed E-state index contributed by atoms with van der Waals surface area (Å²) in [4.78, 5) is 26.5. The molecule has 2 fully saturated rings. The summed E-state index contributed by atoms with van der Waals surface area (Å²) < 4.78 is 0. The zero-order valence-electron chi connectivity index (χ0n) is 10.6. The zero-order chi connectivity index (χ0) is 13.2. The number of carbonyl (C=O) groups excluding carboxylic acids is 2. The highest BCUT2D eigenvalue weighted by atomic mass is 32.1. The molecule has 2 N–H and O–H groups in total. The highest BCUT2D eigenvalue weighted by Crippen LogP contribution is 2.25. The first kappa shape index (κ1) is 12.6. The Labute approximate surface area is 116 Å². The van der Waals surface area contributed by atoms with Gasteiger partial charge in [0.05, 0.1) is 15.9 Å². The van der Waals surface area contributed by atoms with Crippen molar-refractivity contribution < 1.29 is 9.59 Å². The predicted molar refractivity (Wildman–Crippen MR) is 74.5 cm³/mol. The molecule has 6 heteroatoms. The molecule has 0 radical (unpaired) electrons. The Morgan fingerprint density at radius 3 is 2.68 bits per heavy atom. The van der Waals surface area contributed by atoms with Gasteiger partial charge in [0.2, 0.25) is 5.91 Å². The average molecular weight is 279 g/mol. The molecule has 1 unspecified atom stereocenters. The van der Waals surface area contributed by atoms with E-state index in [2.05, 4.69) is 10.6 Å². The summed E-state index contributed by atoms with van der Waals surface area (Å²) >= 11 is 1.36. The Morgan fingerprint density at radius 2 is 2.05 bits per heavy atom. The fourth-order valence-electron chi connectivity index (χ4n) is 2.32. The predicted octanol–water partition coefficient (Wildman–Crippen LogP) is 1.28. The third-order valence-corrected chi connectivity index (χ3v) is 4.59. The van der Waals surface area contributed by atoms with Crippen molar-refractivity contribution in [2.24, 2.45) is 0 Å². The van der Waals surface area contributed by atoms with Crippen LogP contribution in [0.5, 0.6) is 0 Å². The Hall–Kier alpha value is -1.40. The van der Waals surface area contributed by atoms with E-state index in [9.17, 15) is 9.59 Å². The van der Waals surface area contributed by atoms with Crippen molar-refractivity contribution in [2.45, 2.75) is 25.3 Å². The van der Waals surface area contributed by atoms with Crippen LogP contribution in [0.2, 0.25) is 0 Å². The third-order valence-electron chi connectivity index (χ3n) is 3.60. The molecule has 2 aliphatic heterocycles. The van der Waals surface area contributed by atoms with Gasteiger partial charge in [0.1, 0.15) is 0 Å². The number of anilines is 1. The maximum atomic E-state index is 12.2. The van der Waals surface area contributed by atoms with Gasteiger partial charge in [-0.1, -0.05) is 0 Å². The molecule has 2 aliphatic rings. The second-order valence-corrected chi connectivity index (χ2v) is 6.03. The number of thiophene rings is 1. The minimum atomic E-state index is -0.0696. The maximum absolute atomic E-state index is 12.2. The molecule has 5 nitrogen and oxygen atoms in total. The van der Waals surface area contributed by atoms with Crippen molar-refractivity contribution in [1.29, 1.82) is 0 Å². The summed E-state index contributed by atoms with van der Waals surface area (Å²) in [6.07, 6.45) is 3.07. The fourth-order valence-corrected chi connectivity index (χ4v) is 3.19. The van der Waals surface area contributed by atoms with Crippen LogP contribution in [0.4, 0.5) is 5.00 Å². The second kappa shape index (κ2) is 5.30. The van der Waals surface area contributed by atoms with E-state index in [4.69, 9.17) is 0 Å². The molecule has 19 heavy (non-hydrogen) atoms. The van der Waals surface area contributed by atoms with E-state index in [0.29, 0.717) is 4.88 Å². The monoisotopic (exact) mass is 279 g/mol. The Kier molecular flexibility index (Phi) is 3.52. The van der Waals surface area contributed by atoms with Crippen molar-refractivity contribution in [1.82, 2.24) is 10.2 Å². The minimum Gasteiger partial charge on any atom is -0.338 e. The van der Waals surface area contributed by atoms with Crippen molar-refractivity contribution in [3.8, 4) is 0 Å². The van der Waals surface area contributed by atoms with Gasteiger partial charge in [-0.2, -0.15) is 0 Å². The van der Waals surface area contributed by atoms with Crippen LogP contribution in [-0.4, -0.2) is 42.4 Å². The van der Waals surface area contributed by atoms with Crippen LogP contribution >= 0.6 is 11.3 Å². The van der Waals surface area contributed by atoms with Crippen LogP contribution in [0.15, 0.2) is 12.1 Å². The van der Waals surface area contributed by atoms with Crippen LogP contribution in [0.3, 0.4) is 0 Å². The largest absolute Gasteiger partial charge is 0.338 e. The minimum absolute atomic E-state index is 0.00623. The lowest BCUT2D eigenvalue weighted by molar-refractivity contribution is -0.119. The summed E-state index contributed by atoms with van der Waals surface area (Å²) in [5.74, 6) is 0.0815.